The van der Waals surface area contributed by atoms with Crippen LogP contribution in [0.15, 0.2) is 78.9 Å². The van der Waals surface area contributed by atoms with Crippen LogP contribution in [0, 0.1) is 0 Å². The summed E-state index contributed by atoms with van der Waals surface area (Å²) in [6.07, 6.45) is 0.183. The van der Waals surface area contributed by atoms with Gasteiger partial charge in [0.2, 0.25) is 0 Å². The van der Waals surface area contributed by atoms with Gasteiger partial charge in [0.05, 0.1) is 6.42 Å². The lowest BCUT2D eigenvalue weighted by Gasteiger charge is -2.11. The molecule has 0 heterocycles. The number of benzene rings is 3. The van der Waals surface area contributed by atoms with Crippen molar-refractivity contribution in [1.29, 1.82) is 0 Å². The summed E-state index contributed by atoms with van der Waals surface area (Å²) < 4.78 is 11.3. The second-order valence-corrected chi connectivity index (χ2v) is 5.93. The molecule has 0 spiro atoms. The number of rotatable bonds is 6. The predicted molar refractivity (Wildman–Crippen MR) is 97.9 cm³/mol. The highest BCUT2D eigenvalue weighted by Crippen LogP contribution is 2.25. The molecule has 25 heavy (non-hydrogen) atoms. The molecule has 0 saturated heterocycles. The number of hydrogen-bond donors (Lipinski definition) is 0. The standard InChI is InChI=1S/C21H17ClO3/c22-18-9-6-7-16(13-18)14-21(23)24-15-17-8-4-5-12-20(17)25-19-10-2-1-3-11-19/h1-13H,14-15H2. The second kappa shape index (κ2) is 8.36. The molecular weight excluding hydrogens is 336 g/mol. The molecule has 0 fully saturated rings. The summed E-state index contributed by atoms with van der Waals surface area (Å²) in [5, 5.41) is 0.604. The number of para-hydroxylation sites is 2. The lowest BCUT2D eigenvalue weighted by Crippen LogP contribution is -2.08. The molecule has 126 valence electrons. The summed E-state index contributed by atoms with van der Waals surface area (Å²) in [5.74, 6) is 1.10. The van der Waals surface area contributed by atoms with Crippen LogP contribution in [0.2, 0.25) is 5.02 Å². The third-order valence-electron chi connectivity index (χ3n) is 3.57. The molecular formula is C21H17ClO3. The van der Waals surface area contributed by atoms with E-state index in [-0.39, 0.29) is 19.0 Å². The van der Waals surface area contributed by atoms with E-state index in [0.29, 0.717) is 10.8 Å². The zero-order valence-electron chi connectivity index (χ0n) is 13.5. The Balaban J connectivity index is 1.62. The van der Waals surface area contributed by atoms with Crippen LogP contribution in [-0.4, -0.2) is 5.97 Å². The van der Waals surface area contributed by atoms with Crippen LogP contribution in [0.3, 0.4) is 0 Å². The lowest BCUT2D eigenvalue weighted by molar-refractivity contribution is -0.144. The molecule has 0 radical (unpaired) electrons. The monoisotopic (exact) mass is 352 g/mol. The molecule has 0 aliphatic rings. The fraction of sp³-hybridized carbons (Fsp3) is 0.0952. The van der Waals surface area contributed by atoms with E-state index in [0.717, 1.165) is 16.9 Å². The molecule has 4 heteroatoms. The summed E-state index contributed by atoms with van der Waals surface area (Å²) in [4.78, 5) is 12.1. The Morgan fingerprint density at radius 2 is 1.64 bits per heavy atom. The number of esters is 1. The van der Waals surface area contributed by atoms with Crippen molar-refractivity contribution in [3.63, 3.8) is 0 Å². The molecule has 3 nitrogen and oxygen atoms in total. The maximum Gasteiger partial charge on any atom is 0.310 e. The summed E-state index contributed by atoms with van der Waals surface area (Å²) in [6.45, 7) is 0.155. The van der Waals surface area contributed by atoms with Crippen LogP contribution >= 0.6 is 11.6 Å². The first kappa shape index (κ1) is 17.1. The SMILES string of the molecule is O=C(Cc1cccc(Cl)c1)OCc1ccccc1Oc1ccccc1. The molecule has 0 aromatic heterocycles. The van der Waals surface area contributed by atoms with Gasteiger partial charge in [0.25, 0.3) is 0 Å². The first-order valence-corrected chi connectivity index (χ1v) is 8.29. The fourth-order valence-electron chi connectivity index (χ4n) is 2.36. The highest BCUT2D eigenvalue weighted by atomic mass is 35.5. The van der Waals surface area contributed by atoms with Crippen LogP contribution in [-0.2, 0) is 22.6 Å². The summed E-state index contributed by atoms with van der Waals surface area (Å²) in [5.41, 5.74) is 1.64. The Morgan fingerprint density at radius 3 is 2.44 bits per heavy atom. The van der Waals surface area contributed by atoms with Crippen LogP contribution in [0.4, 0.5) is 0 Å². The van der Waals surface area contributed by atoms with Gasteiger partial charge in [-0.1, -0.05) is 60.1 Å². The van der Waals surface area contributed by atoms with Crippen LogP contribution in [0.25, 0.3) is 0 Å². The number of carbonyl (C=O) groups excluding carboxylic acids is 1. The van der Waals surface area contributed by atoms with Crippen LogP contribution in [0.1, 0.15) is 11.1 Å². The van der Waals surface area contributed by atoms with Crippen LogP contribution < -0.4 is 4.74 Å². The molecule has 0 aliphatic heterocycles. The van der Waals surface area contributed by atoms with E-state index in [1.165, 1.54) is 0 Å². The third-order valence-corrected chi connectivity index (χ3v) is 3.80. The molecule has 0 atom stereocenters. The minimum Gasteiger partial charge on any atom is -0.460 e. The number of carbonyl (C=O) groups is 1. The van der Waals surface area contributed by atoms with Gasteiger partial charge in [0, 0.05) is 10.6 Å². The van der Waals surface area contributed by atoms with Gasteiger partial charge in [0.1, 0.15) is 18.1 Å². The predicted octanol–water partition coefficient (Wildman–Crippen LogP) is 5.42. The Kier molecular flexibility index (Phi) is 5.70. The Bertz CT molecular complexity index is 847. The van der Waals surface area contributed by atoms with Crippen molar-refractivity contribution >= 4 is 17.6 Å². The molecule has 0 N–H and O–H groups in total. The van der Waals surface area contributed by atoms with Crippen molar-refractivity contribution in [3.05, 3.63) is 95.0 Å². The smallest absolute Gasteiger partial charge is 0.310 e. The molecule has 3 aromatic rings. The van der Waals surface area contributed by atoms with Gasteiger partial charge < -0.3 is 9.47 Å². The maximum absolute atomic E-state index is 12.1. The van der Waals surface area contributed by atoms with E-state index < -0.39 is 0 Å². The van der Waals surface area contributed by atoms with Crippen molar-refractivity contribution in [1.82, 2.24) is 0 Å². The highest BCUT2D eigenvalue weighted by Gasteiger charge is 2.09. The van der Waals surface area contributed by atoms with Crippen LogP contribution in [0.5, 0.6) is 11.5 Å². The molecule has 3 rings (SSSR count). The molecule has 0 saturated carbocycles. The zero-order valence-corrected chi connectivity index (χ0v) is 14.3. The van der Waals surface area contributed by atoms with Crippen molar-refractivity contribution < 1.29 is 14.3 Å². The van der Waals surface area contributed by atoms with Gasteiger partial charge in [-0.2, -0.15) is 0 Å². The normalized spacial score (nSPS) is 10.3. The van der Waals surface area contributed by atoms with E-state index in [2.05, 4.69) is 0 Å². The Morgan fingerprint density at radius 1 is 0.880 bits per heavy atom. The molecule has 0 bridgehead atoms. The van der Waals surface area contributed by atoms with Gasteiger partial charge in [-0.25, -0.2) is 0 Å². The highest BCUT2D eigenvalue weighted by molar-refractivity contribution is 6.30. The quantitative estimate of drug-likeness (QED) is 0.556. The zero-order chi connectivity index (χ0) is 17.5. The largest absolute Gasteiger partial charge is 0.460 e. The van der Waals surface area contributed by atoms with Gasteiger partial charge in [0.15, 0.2) is 0 Å². The topological polar surface area (TPSA) is 35.5 Å². The Labute approximate surface area is 151 Å². The van der Waals surface area contributed by atoms with E-state index in [1.807, 2.05) is 66.7 Å². The number of halogens is 1. The van der Waals surface area contributed by atoms with Crippen molar-refractivity contribution in [3.8, 4) is 11.5 Å². The minimum atomic E-state index is -0.309. The Hall–Kier alpha value is -2.78. The summed E-state index contributed by atoms with van der Waals surface area (Å²) in [7, 11) is 0. The average Bonchev–Trinajstić information content (AvgIpc) is 2.62. The molecule has 0 aliphatic carbocycles. The average molecular weight is 353 g/mol. The van der Waals surface area contributed by atoms with Gasteiger partial charge in [-0.3, -0.25) is 4.79 Å². The minimum absolute atomic E-state index is 0.155. The van der Waals surface area contributed by atoms with Gasteiger partial charge >= 0.3 is 5.97 Å². The summed E-state index contributed by atoms with van der Waals surface area (Å²) >= 11 is 5.93. The second-order valence-electron chi connectivity index (χ2n) is 5.49. The van der Waals surface area contributed by atoms with E-state index in [1.54, 1.807) is 12.1 Å². The number of ether oxygens (including phenoxy) is 2. The third kappa shape index (κ3) is 5.10. The van der Waals surface area contributed by atoms with E-state index in [9.17, 15) is 4.79 Å². The lowest BCUT2D eigenvalue weighted by atomic mass is 10.1. The van der Waals surface area contributed by atoms with E-state index in [4.69, 9.17) is 21.1 Å². The van der Waals surface area contributed by atoms with Gasteiger partial charge in [-0.05, 0) is 35.9 Å². The van der Waals surface area contributed by atoms with Crippen molar-refractivity contribution in [2.24, 2.45) is 0 Å². The molecule has 0 amide bonds. The van der Waals surface area contributed by atoms with Gasteiger partial charge in [-0.15, -0.1) is 0 Å². The number of hydrogen-bond acceptors (Lipinski definition) is 3. The van der Waals surface area contributed by atoms with Crippen molar-refractivity contribution in [2.75, 3.05) is 0 Å². The summed E-state index contributed by atoms with van der Waals surface area (Å²) in [6, 6.07) is 24.2. The maximum atomic E-state index is 12.1. The first-order valence-electron chi connectivity index (χ1n) is 7.91. The molecule has 3 aromatic carbocycles. The van der Waals surface area contributed by atoms with E-state index >= 15 is 0 Å². The fourth-order valence-corrected chi connectivity index (χ4v) is 2.57. The molecule has 0 unspecified atom stereocenters. The first-order chi connectivity index (χ1) is 12.2. The van der Waals surface area contributed by atoms with Crippen molar-refractivity contribution in [2.45, 2.75) is 13.0 Å².